The van der Waals surface area contributed by atoms with Crippen LogP contribution in [0.1, 0.15) is 78.1 Å². The first-order valence-electron chi connectivity index (χ1n) is 9.03. The molecule has 2 fully saturated rings. The van der Waals surface area contributed by atoms with Crippen molar-refractivity contribution in [2.45, 2.75) is 84.2 Å². The van der Waals surface area contributed by atoms with Gasteiger partial charge in [-0.2, -0.15) is 0 Å². The van der Waals surface area contributed by atoms with E-state index in [0.29, 0.717) is 11.5 Å². The number of hydrogen-bond donors (Lipinski definition) is 1. The summed E-state index contributed by atoms with van der Waals surface area (Å²) in [4.78, 5) is 0. The van der Waals surface area contributed by atoms with Crippen molar-refractivity contribution >= 4 is 0 Å². The molecule has 2 aliphatic rings. The van der Waals surface area contributed by atoms with Gasteiger partial charge in [-0.1, -0.05) is 39.5 Å². The average Bonchev–Trinajstić information content (AvgIpc) is 2.92. The Kier molecular flexibility index (Phi) is 6.83. The van der Waals surface area contributed by atoms with Crippen molar-refractivity contribution in [3.63, 3.8) is 0 Å². The summed E-state index contributed by atoms with van der Waals surface area (Å²) in [5, 5.41) is 3.74. The fourth-order valence-corrected chi connectivity index (χ4v) is 4.02. The summed E-state index contributed by atoms with van der Waals surface area (Å²) in [7, 11) is 0. The van der Waals surface area contributed by atoms with Gasteiger partial charge in [0.15, 0.2) is 0 Å². The number of ether oxygens (including phenoxy) is 1. The molecule has 2 rings (SSSR count). The third kappa shape index (κ3) is 5.37. The monoisotopic (exact) mass is 281 g/mol. The van der Waals surface area contributed by atoms with Crippen molar-refractivity contribution in [2.75, 3.05) is 19.7 Å². The summed E-state index contributed by atoms with van der Waals surface area (Å²) in [6.07, 6.45) is 14.5. The van der Waals surface area contributed by atoms with Gasteiger partial charge in [0.25, 0.3) is 0 Å². The van der Waals surface area contributed by atoms with Gasteiger partial charge in [-0.15, -0.1) is 0 Å². The molecule has 0 aromatic heterocycles. The Bertz CT molecular complexity index is 252. The van der Waals surface area contributed by atoms with E-state index < -0.39 is 0 Å². The van der Waals surface area contributed by atoms with E-state index in [1.165, 1.54) is 77.3 Å². The van der Waals surface area contributed by atoms with E-state index in [-0.39, 0.29) is 0 Å². The molecule has 1 unspecified atom stereocenters. The molecule has 0 radical (unpaired) electrons. The Balaban J connectivity index is 1.73. The maximum Gasteiger partial charge on any atom is 0.0576 e. The Hall–Kier alpha value is -0.0800. The lowest BCUT2D eigenvalue weighted by molar-refractivity contribution is 0.0920. The van der Waals surface area contributed by atoms with Crippen LogP contribution in [0.2, 0.25) is 0 Å². The summed E-state index contributed by atoms with van der Waals surface area (Å²) in [6, 6.07) is 0. The molecule has 0 amide bonds. The van der Waals surface area contributed by atoms with Gasteiger partial charge < -0.3 is 10.1 Å². The summed E-state index contributed by atoms with van der Waals surface area (Å²) >= 11 is 0. The van der Waals surface area contributed by atoms with Crippen LogP contribution in [0, 0.1) is 11.3 Å². The summed E-state index contributed by atoms with van der Waals surface area (Å²) in [5.41, 5.74) is 0.603. The van der Waals surface area contributed by atoms with Gasteiger partial charge in [0.1, 0.15) is 0 Å². The summed E-state index contributed by atoms with van der Waals surface area (Å²) in [6.45, 7) is 8.03. The number of nitrogens with one attached hydrogen (secondary N) is 1. The van der Waals surface area contributed by atoms with E-state index in [9.17, 15) is 0 Å². The minimum atomic E-state index is 0.583. The maximum absolute atomic E-state index is 5.77. The normalized spacial score (nSPS) is 26.2. The topological polar surface area (TPSA) is 21.3 Å². The van der Waals surface area contributed by atoms with E-state index in [0.717, 1.165) is 12.5 Å². The first-order valence-corrected chi connectivity index (χ1v) is 9.03. The Labute approximate surface area is 126 Å². The molecule has 1 saturated carbocycles. The standard InChI is InChI=1S/C18H35NO/c1-16(2)14-19-15-18(10-4-3-5-11-18)12-6-8-17-9-7-13-20-17/h16-17,19H,3-15H2,1-2H3. The van der Waals surface area contributed by atoms with Crippen LogP contribution in [0.5, 0.6) is 0 Å². The van der Waals surface area contributed by atoms with E-state index in [1.54, 1.807) is 0 Å². The molecule has 2 nitrogen and oxygen atoms in total. The van der Waals surface area contributed by atoms with Crippen molar-refractivity contribution < 1.29 is 4.74 Å². The number of hydrogen-bond acceptors (Lipinski definition) is 2. The third-order valence-corrected chi connectivity index (χ3v) is 5.22. The van der Waals surface area contributed by atoms with Crippen molar-refractivity contribution in [3.05, 3.63) is 0 Å². The van der Waals surface area contributed by atoms with Gasteiger partial charge in [0.05, 0.1) is 6.10 Å². The molecular weight excluding hydrogens is 246 g/mol. The molecule has 118 valence electrons. The molecule has 0 spiro atoms. The van der Waals surface area contributed by atoms with Gasteiger partial charge in [-0.05, 0) is 56.4 Å². The van der Waals surface area contributed by atoms with Crippen LogP contribution in [0.3, 0.4) is 0 Å². The highest BCUT2D eigenvalue weighted by molar-refractivity contribution is 4.85. The quantitative estimate of drug-likeness (QED) is 0.705. The maximum atomic E-state index is 5.77. The van der Waals surface area contributed by atoms with Crippen LogP contribution in [-0.2, 0) is 4.74 Å². The van der Waals surface area contributed by atoms with Gasteiger partial charge in [0, 0.05) is 13.2 Å². The first-order chi connectivity index (χ1) is 9.70. The molecule has 2 heteroatoms. The largest absolute Gasteiger partial charge is 0.378 e. The van der Waals surface area contributed by atoms with E-state index >= 15 is 0 Å². The molecule has 20 heavy (non-hydrogen) atoms. The van der Waals surface area contributed by atoms with Gasteiger partial charge in [-0.25, -0.2) is 0 Å². The van der Waals surface area contributed by atoms with Gasteiger partial charge in [0.2, 0.25) is 0 Å². The van der Waals surface area contributed by atoms with E-state index in [2.05, 4.69) is 19.2 Å². The van der Waals surface area contributed by atoms with Crippen LogP contribution >= 0.6 is 0 Å². The Morgan fingerprint density at radius 2 is 1.95 bits per heavy atom. The highest BCUT2D eigenvalue weighted by Crippen LogP contribution is 2.40. The molecule has 0 aromatic rings. The second-order valence-electron chi connectivity index (χ2n) is 7.61. The molecule has 0 aromatic carbocycles. The molecule has 1 atom stereocenters. The molecule has 0 bridgehead atoms. The minimum Gasteiger partial charge on any atom is -0.378 e. The van der Waals surface area contributed by atoms with E-state index in [4.69, 9.17) is 4.74 Å². The second kappa shape index (κ2) is 8.38. The molecule has 1 heterocycles. The Morgan fingerprint density at radius 1 is 1.15 bits per heavy atom. The lowest BCUT2D eigenvalue weighted by atomic mass is 9.70. The van der Waals surface area contributed by atoms with Gasteiger partial charge >= 0.3 is 0 Å². The first kappa shape index (κ1) is 16.3. The fraction of sp³-hybridized carbons (Fsp3) is 1.00. The zero-order valence-electron chi connectivity index (χ0n) is 13.8. The highest BCUT2D eigenvalue weighted by Gasteiger charge is 2.31. The smallest absolute Gasteiger partial charge is 0.0576 e. The highest BCUT2D eigenvalue weighted by atomic mass is 16.5. The van der Waals surface area contributed by atoms with Crippen LogP contribution < -0.4 is 5.32 Å². The summed E-state index contributed by atoms with van der Waals surface area (Å²) < 4.78 is 5.77. The SMILES string of the molecule is CC(C)CNCC1(CCCC2CCCO2)CCCCC1. The zero-order chi connectivity index (χ0) is 14.3. The fourth-order valence-electron chi connectivity index (χ4n) is 4.02. The van der Waals surface area contributed by atoms with Crippen LogP contribution in [0.15, 0.2) is 0 Å². The molecule has 1 aliphatic carbocycles. The predicted octanol–water partition coefficient (Wildman–Crippen LogP) is 4.53. The Morgan fingerprint density at radius 3 is 2.60 bits per heavy atom. The predicted molar refractivity (Wildman–Crippen MR) is 86.1 cm³/mol. The molecular formula is C18H35NO. The lowest BCUT2D eigenvalue weighted by Gasteiger charge is -2.38. The molecule has 1 aliphatic heterocycles. The zero-order valence-corrected chi connectivity index (χ0v) is 13.8. The molecule has 1 N–H and O–H groups in total. The van der Waals surface area contributed by atoms with Crippen LogP contribution in [0.25, 0.3) is 0 Å². The summed E-state index contributed by atoms with van der Waals surface area (Å²) in [5.74, 6) is 0.766. The van der Waals surface area contributed by atoms with Crippen molar-refractivity contribution in [2.24, 2.45) is 11.3 Å². The van der Waals surface area contributed by atoms with Crippen molar-refractivity contribution in [1.29, 1.82) is 0 Å². The van der Waals surface area contributed by atoms with Crippen LogP contribution in [-0.4, -0.2) is 25.8 Å². The molecule has 1 saturated heterocycles. The van der Waals surface area contributed by atoms with Crippen molar-refractivity contribution in [3.8, 4) is 0 Å². The minimum absolute atomic E-state index is 0.583. The number of rotatable bonds is 8. The third-order valence-electron chi connectivity index (χ3n) is 5.22. The van der Waals surface area contributed by atoms with E-state index in [1.807, 2.05) is 0 Å². The lowest BCUT2D eigenvalue weighted by Crippen LogP contribution is -2.37. The van der Waals surface area contributed by atoms with Gasteiger partial charge in [-0.3, -0.25) is 0 Å². The average molecular weight is 281 g/mol. The van der Waals surface area contributed by atoms with Crippen LogP contribution in [0.4, 0.5) is 0 Å². The second-order valence-corrected chi connectivity index (χ2v) is 7.61. The van der Waals surface area contributed by atoms with Crippen molar-refractivity contribution in [1.82, 2.24) is 5.32 Å².